The number of halogens is 3. The zero-order chi connectivity index (χ0) is 16.8. The minimum Gasteiger partial charge on any atom is -0.507 e. The summed E-state index contributed by atoms with van der Waals surface area (Å²) >= 11 is 0. The van der Waals surface area contributed by atoms with Crippen LogP contribution < -0.4 is 4.90 Å². The first-order valence-electron chi connectivity index (χ1n) is 7.44. The van der Waals surface area contributed by atoms with E-state index in [0.29, 0.717) is 18.4 Å². The molecule has 7 heteroatoms. The van der Waals surface area contributed by atoms with Crippen molar-refractivity contribution in [2.75, 3.05) is 18.0 Å². The van der Waals surface area contributed by atoms with E-state index >= 15 is 0 Å². The second-order valence-corrected chi connectivity index (χ2v) is 5.85. The van der Waals surface area contributed by atoms with Gasteiger partial charge >= 0.3 is 12.1 Å². The van der Waals surface area contributed by atoms with Crippen molar-refractivity contribution >= 4 is 17.2 Å². The van der Waals surface area contributed by atoms with Crippen LogP contribution in [0, 0.1) is 0 Å². The molecule has 0 unspecified atom stereocenters. The van der Waals surface area contributed by atoms with Crippen molar-refractivity contribution in [2.24, 2.45) is 0 Å². The largest absolute Gasteiger partial charge is 0.507 e. The first-order chi connectivity index (χ1) is 10.8. The molecule has 23 heavy (non-hydrogen) atoms. The van der Waals surface area contributed by atoms with Crippen LogP contribution in [0.3, 0.4) is 0 Å². The van der Waals surface area contributed by atoms with Crippen molar-refractivity contribution in [3.8, 4) is 5.75 Å². The fraction of sp³-hybridized carbons (Fsp3) is 0.438. The molecule has 2 heterocycles. The van der Waals surface area contributed by atoms with Gasteiger partial charge in [-0.05, 0) is 37.3 Å². The molecule has 0 spiro atoms. The van der Waals surface area contributed by atoms with E-state index in [1.807, 2.05) is 0 Å². The van der Waals surface area contributed by atoms with E-state index in [2.05, 4.69) is 4.90 Å². The number of phenolic OH excluding ortho intramolecular Hbond substituents is 1. The third kappa shape index (κ3) is 2.75. The molecular weight excluding hydrogens is 311 g/mol. The Hall–Kier alpha value is -2.18. The van der Waals surface area contributed by atoms with Crippen molar-refractivity contribution in [1.29, 1.82) is 0 Å². The molecule has 0 saturated heterocycles. The average Bonchev–Trinajstić information content (AvgIpc) is 2.47. The van der Waals surface area contributed by atoms with E-state index in [4.69, 9.17) is 5.11 Å². The summed E-state index contributed by atoms with van der Waals surface area (Å²) in [6.07, 6.45) is -2.01. The van der Waals surface area contributed by atoms with Gasteiger partial charge in [0.15, 0.2) is 0 Å². The number of nitrogens with zero attached hydrogens (tertiary/aromatic N) is 1. The zero-order valence-corrected chi connectivity index (χ0v) is 12.3. The number of rotatable bonds is 2. The molecule has 1 aromatic carbocycles. The van der Waals surface area contributed by atoms with Crippen molar-refractivity contribution in [3.63, 3.8) is 0 Å². The Kier molecular flexibility index (Phi) is 3.74. The molecule has 2 aliphatic rings. The second kappa shape index (κ2) is 5.47. The van der Waals surface area contributed by atoms with Gasteiger partial charge in [0.1, 0.15) is 5.75 Å². The number of anilines is 1. The quantitative estimate of drug-likeness (QED) is 0.820. The summed E-state index contributed by atoms with van der Waals surface area (Å²) in [6, 6.07) is 1.30. The molecule has 2 aliphatic heterocycles. The number of phenols is 1. The number of aromatic hydroxyl groups is 1. The predicted octanol–water partition coefficient (Wildman–Crippen LogP) is 3.12. The van der Waals surface area contributed by atoms with Crippen molar-refractivity contribution in [1.82, 2.24) is 0 Å². The third-order valence-corrected chi connectivity index (χ3v) is 4.36. The Balaban J connectivity index is 2.23. The Morgan fingerprint density at radius 3 is 2.48 bits per heavy atom. The van der Waals surface area contributed by atoms with Crippen molar-refractivity contribution in [3.05, 3.63) is 28.8 Å². The van der Waals surface area contributed by atoms with Gasteiger partial charge in [-0.25, -0.2) is 4.79 Å². The van der Waals surface area contributed by atoms with Crippen LogP contribution >= 0.6 is 0 Å². The summed E-state index contributed by atoms with van der Waals surface area (Å²) in [5, 5.41) is 19.1. The van der Waals surface area contributed by atoms with E-state index in [1.165, 1.54) is 6.07 Å². The number of carboxylic acids is 1. The maximum atomic E-state index is 13.3. The third-order valence-electron chi connectivity index (χ3n) is 4.36. The van der Waals surface area contributed by atoms with Gasteiger partial charge in [-0.3, -0.25) is 0 Å². The highest BCUT2D eigenvalue weighted by atomic mass is 19.4. The van der Waals surface area contributed by atoms with E-state index < -0.39 is 29.0 Å². The molecule has 1 aromatic rings. The van der Waals surface area contributed by atoms with Gasteiger partial charge in [-0.1, -0.05) is 0 Å². The monoisotopic (exact) mass is 327 g/mol. The standard InChI is InChI=1S/C16H16F3NO3/c17-16(18,19)12(8-13(21)22)11-7-9-3-1-5-20-6-2-4-10(14(9)20)15(11)23/h7-8,23H,1-6H2,(H,21,22)/b12-8-. The Morgan fingerprint density at radius 2 is 1.87 bits per heavy atom. The topological polar surface area (TPSA) is 60.8 Å². The summed E-state index contributed by atoms with van der Waals surface area (Å²) in [5.74, 6) is -2.13. The maximum absolute atomic E-state index is 13.3. The van der Waals surface area contributed by atoms with E-state index in [9.17, 15) is 23.1 Å². The highest BCUT2D eigenvalue weighted by Crippen LogP contribution is 2.46. The lowest BCUT2D eigenvalue weighted by Crippen LogP contribution is -2.34. The molecule has 0 radical (unpaired) electrons. The Morgan fingerprint density at radius 1 is 1.22 bits per heavy atom. The number of alkyl halides is 3. The number of carbonyl (C=O) groups is 1. The lowest BCUT2D eigenvalue weighted by atomic mass is 9.87. The van der Waals surface area contributed by atoms with Crippen LogP contribution in [0.2, 0.25) is 0 Å². The minimum atomic E-state index is -4.85. The summed E-state index contributed by atoms with van der Waals surface area (Å²) in [6.45, 7) is 1.66. The molecule has 2 N–H and O–H groups in total. The fourth-order valence-electron chi connectivity index (χ4n) is 3.48. The summed E-state index contributed by atoms with van der Waals surface area (Å²) < 4.78 is 39.8. The van der Waals surface area contributed by atoms with Crippen LogP contribution in [0.25, 0.3) is 5.57 Å². The Labute approximate surface area is 130 Å². The van der Waals surface area contributed by atoms with Crippen LogP contribution in [0.5, 0.6) is 5.75 Å². The molecule has 0 bridgehead atoms. The SMILES string of the molecule is O=C(O)/C=C(/c1cc2c3c(c1O)CCCN3CCC2)C(F)(F)F. The highest BCUT2D eigenvalue weighted by Gasteiger charge is 2.39. The summed E-state index contributed by atoms with van der Waals surface area (Å²) in [7, 11) is 0. The van der Waals surface area contributed by atoms with Gasteiger partial charge in [0, 0.05) is 36.0 Å². The predicted molar refractivity (Wildman–Crippen MR) is 78.6 cm³/mol. The van der Waals surface area contributed by atoms with E-state index in [1.54, 1.807) is 0 Å². The number of hydrogen-bond acceptors (Lipinski definition) is 3. The van der Waals surface area contributed by atoms with Crippen LogP contribution in [0.15, 0.2) is 12.1 Å². The molecule has 4 nitrogen and oxygen atoms in total. The number of aliphatic carboxylic acids is 1. The van der Waals surface area contributed by atoms with Gasteiger partial charge in [0.05, 0.1) is 5.57 Å². The molecule has 0 fully saturated rings. The van der Waals surface area contributed by atoms with Crippen molar-refractivity contribution < 1.29 is 28.2 Å². The molecule has 0 amide bonds. The lowest BCUT2D eigenvalue weighted by Gasteiger charge is -2.37. The van der Waals surface area contributed by atoms with E-state index in [0.717, 1.165) is 37.2 Å². The van der Waals surface area contributed by atoms with Gasteiger partial charge < -0.3 is 15.1 Å². The molecule has 0 saturated carbocycles. The molecule has 0 aliphatic carbocycles. The second-order valence-electron chi connectivity index (χ2n) is 5.85. The van der Waals surface area contributed by atoms with E-state index in [-0.39, 0.29) is 6.08 Å². The summed E-state index contributed by atoms with van der Waals surface area (Å²) in [5.41, 5.74) is 0.338. The normalized spacial score (nSPS) is 17.9. The zero-order valence-electron chi connectivity index (χ0n) is 12.3. The summed E-state index contributed by atoms with van der Waals surface area (Å²) in [4.78, 5) is 12.9. The van der Waals surface area contributed by atoms with Gasteiger partial charge in [0.25, 0.3) is 0 Å². The molecule has 0 atom stereocenters. The lowest BCUT2D eigenvalue weighted by molar-refractivity contribution is -0.131. The fourth-order valence-corrected chi connectivity index (χ4v) is 3.48. The van der Waals surface area contributed by atoms with Crippen LogP contribution in [0.1, 0.15) is 29.5 Å². The number of benzene rings is 1. The number of carboxylic acid groups (broad SMARTS) is 1. The van der Waals surface area contributed by atoms with Crippen molar-refractivity contribution in [2.45, 2.75) is 31.9 Å². The van der Waals surface area contributed by atoms with Gasteiger partial charge in [0.2, 0.25) is 0 Å². The van der Waals surface area contributed by atoms with Gasteiger partial charge in [-0.2, -0.15) is 13.2 Å². The first-order valence-corrected chi connectivity index (χ1v) is 7.44. The Bertz CT molecular complexity index is 693. The van der Waals surface area contributed by atoms with Crippen LogP contribution in [-0.4, -0.2) is 35.4 Å². The number of aryl methyl sites for hydroxylation is 1. The average molecular weight is 327 g/mol. The molecule has 124 valence electrons. The molecular formula is C16H16F3NO3. The minimum absolute atomic E-state index is 0.123. The number of allylic oxidation sites excluding steroid dienone is 1. The smallest absolute Gasteiger partial charge is 0.417 e. The maximum Gasteiger partial charge on any atom is 0.417 e. The van der Waals surface area contributed by atoms with Gasteiger partial charge in [-0.15, -0.1) is 0 Å². The molecule has 0 aromatic heterocycles. The highest BCUT2D eigenvalue weighted by molar-refractivity contribution is 5.93. The molecule has 3 rings (SSSR count). The first kappa shape index (κ1) is 15.7. The van der Waals surface area contributed by atoms with Crippen LogP contribution in [-0.2, 0) is 17.6 Å². The van der Waals surface area contributed by atoms with Crippen LogP contribution in [0.4, 0.5) is 18.9 Å². The number of hydrogen-bond donors (Lipinski definition) is 2.